The molecule has 8 heteroatoms. The second-order valence-corrected chi connectivity index (χ2v) is 8.85. The lowest BCUT2D eigenvalue weighted by Crippen LogP contribution is -2.15. The van der Waals surface area contributed by atoms with E-state index in [2.05, 4.69) is 15.3 Å². The predicted molar refractivity (Wildman–Crippen MR) is 111 cm³/mol. The van der Waals surface area contributed by atoms with Crippen LogP contribution in [-0.4, -0.2) is 24.6 Å². The standard InChI is InChI=1S/C22H17F2N3O2S/c1-30(28,29)16-6-4-5-14(11-16)21(15-9-10-18(23)19(24)12-15)27-22-17-7-2-3-8-20(17)25-13-26-22/h2-13,21H,1H3,(H,25,26,27). The van der Waals surface area contributed by atoms with Crippen LogP contribution >= 0.6 is 0 Å². The maximum atomic E-state index is 14.0. The minimum Gasteiger partial charge on any atom is -0.359 e. The first-order valence-electron chi connectivity index (χ1n) is 9.04. The third-order valence-electron chi connectivity index (χ3n) is 4.72. The van der Waals surface area contributed by atoms with E-state index in [1.165, 1.54) is 24.5 Å². The normalized spacial score (nSPS) is 12.6. The van der Waals surface area contributed by atoms with E-state index in [1.807, 2.05) is 24.3 Å². The molecule has 0 aliphatic carbocycles. The van der Waals surface area contributed by atoms with Crippen LogP contribution < -0.4 is 5.32 Å². The van der Waals surface area contributed by atoms with Crippen LogP contribution in [0, 0.1) is 11.6 Å². The lowest BCUT2D eigenvalue weighted by atomic mass is 9.98. The summed E-state index contributed by atoms with van der Waals surface area (Å²) in [6.45, 7) is 0. The fourth-order valence-electron chi connectivity index (χ4n) is 3.23. The van der Waals surface area contributed by atoms with Gasteiger partial charge in [-0.25, -0.2) is 27.2 Å². The van der Waals surface area contributed by atoms with Gasteiger partial charge in [-0.3, -0.25) is 0 Å². The molecular formula is C22H17F2N3O2S. The third kappa shape index (κ3) is 3.99. The lowest BCUT2D eigenvalue weighted by Gasteiger charge is -2.22. The van der Waals surface area contributed by atoms with Crippen molar-refractivity contribution in [3.8, 4) is 0 Å². The molecule has 1 heterocycles. The summed E-state index contributed by atoms with van der Waals surface area (Å²) in [6, 6.07) is 16.6. The van der Waals surface area contributed by atoms with E-state index < -0.39 is 27.5 Å². The highest BCUT2D eigenvalue weighted by molar-refractivity contribution is 7.90. The average molecular weight is 425 g/mol. The van der Waals surface area contributed by atoms with Crippen molar-refractivity contribution < 1.29 is 17.2 Å². The molecule has 30 heavy (non-hydrogen) atoms. The Balaban J connectivity index is 1.87. The Morgan fingerprint density at radius 3 is 2.40 bits per heavy atom. The molecule has 0 aliphatic rings. The largest absolute Gasteiger partial charge is 0.359 e. The van der Waals surface area contributed by atoms with Gasteiger partial charge in [-0.05, 0) is 47.5 Å². The van der Waals surface area contributed by atoms with Crippen molar-refractivity contribution in [3.05, 3.63) is 95.8 Å². The van der Waals surface area contributed by atoms with Gasteiger partial charge < -0.3 is 5.32 Å². The Kier molecular flexibility index (Phi) is 5.17. The quantitative estimate of drug-likeness (QED) is 0.509. The van der Waals surface area contributed by atoms with Gasteiger partial charge in [0.05, 0.1) is 16.5 Å². The van der Waals surface area contributed by atoms with Crippen molar-refractivity contribution in [3.63, 3.8) is 0 Å². The zero-order chi connectivity index (χ0) is 21.3. The summed E-state index contributed by atoms with van der Waals surface area (Å²) in [5.41, 5.74) is 1.69. The first-order valence-corrected chi connectivity index (χ1v) is 10.9. The van der Waals surface area contributed by atoms with E-state index in [9.17, 15) is 17.2 Å². The minimum atomic E-state index is -3.45. The number of sulfone groups is 1. The lowest BCUT2D eigenvalue weighted by molar-refractivity contribution is 0.506. The number of benzene rings is 3. The summed E-state index contributed by atoms with van der Waals surface area (Å²) in [5, 5.41) is 3.99. The van der Waals surface area contributed by atoms with Crippen molar-refractivity contribution in [2.24, 2.45) is 0 Å². The number of rotatable bonds is 5. The smallest absolute Gasteiger partial charge is 0.175 e. The molecule has 0 aliphatic heterocycles. The van der Waals surface area contributed by atoms with Gasteiger partial charge in [0, 0.05) is 11.6 Å². The number of para-hydroxylation sites is 1. The molecule has 4 rings (SSSR count). The maximum Gasteiger partial charge on any atom is 0.175 e. The molecule has 3 aromatic carbocycles. The van der Waals surface area contributed by atoms with Gasteiger partial charge >= 0.3 is 0 Å². The first-order chi connectivity index (χ1) is 14.3. The fourth-order valence-corrected chi connectivity index (χ4v) is 3.91. The van der Waals surface area contributed by atoms with E-state index in [0.717, 1.165) is 23.8 Å². The molecule has 5 nitrogen and oxygen atoms in total. The molecule has 0 saturated carbocycles. The molecule has 0 saturated heterocycles. The number of aromatic nitrogens is 2. The predicted octanol–water partition coefficient (Wildman–Crippen LogP) is 4.51. The summed E-state index contributed by atoms with van der Waals surface area (Å²) >= 11 is 0. The number of hydrogen-bond acceptors (Lipinski definition) is 5. The molecule has 0 fully saturated rings. The molecule has 0 spiro atoms. The van der Waals surface area contributed by atoms with Crippen molar-refractivity contribution in [1.82, 2.24) is 9.97 Å². The van der Waals surface area contributed by atoms with Crippen LogP contribution in [0.25, 0.3) is 10.9 Å². The minimum absolute atomic E-state index is 0.127. The summed E-state index contributed by atoms with van der Waals surface area (Å²) in [5.74, 6) is -1.47. The van der Waals surface area contributed by atoms with Gasteiger partial charge in [-0.1, -0.05) is 30.3 Å². The highest BCUT2D eigenvalue weighted by Crippen LogP contribution is 2.31. The third-order valence-corrected chi connectivity index (χ3v) is 5.83. The van der Waals surface area contributed by atoms with E-state index in [-0.39, 0.29) is 4.90 Å². The summed E-state index contributed by atoms with van der Waals surface area (Å²) < 4.78 is 51.6. The Labute approximate surface area is 172 Å². The highest BCUT2D eigenvalue weighted by Gasteiger charge is 2.20. The van der Waals surface area contributed by atoms with E-state index in [1.54, 1.807) is 12.1 Å². The molecule has 1 N–H and O–H groups in total. The monoisotopic (exact) mass is 425 g/mol. The number of fused-ring (bicyclic) bond motifs is 1. The van der Waals surface area contributed by atoms with Gasteiger partial charge in [0.1, 0.15) is 12.1 Å². The summed E-state index contributed by atoms with van der Waals surface area (Å²) in [7, 11) is -3.45. The van der Waals surface area contributed by atoms with Crippen LogP contribution in [0.2, 0.25) is 0 Å². The van der Waals surface area contributed by atoms with Crippen LogP contribution in [0.15, 0.2) is 78.0 Å². The number of nitrogens with zero attached hydrogens (tertiary/aromatic N) is 2. The highest BCUT2D eigenvalue weighted by atomic mass is 32.2. The molecule has 1 unspecified atom stereocenters. The fraction of sp³-hybridized carbons (Fsp3) is 0.0909. The zero-order valence-corrected chi connectivity index (χ0v) is 16.7. The van der Waals surface area contributed by atoms with Crippen molar-refractivity contribution in [2.45, 2.75) is 10.9 Å². The van der Waals surface area contributed by atoms with E-state index in [0.29, 0.717) is 22.5 Å². The van der Waals surface area contributed by atoms with Gasteiger partial charge in [-0.15, -0.1) is 0 Å². The zero-order valence-electron chi connectivity index (χ0n) is 15.9. The number of nitrogens with one attached hydrogen (secondary N) is 1. The summed E-state index contributed by atoms with van der Waals surface area (Å²) in [6.07, 6.45) is 2.52. The van der Waals surface area contributed by atoms with Crippen molar-refractivity contribution >= 4 is 26.6 Å². The van der Waals surface area contributed by atoms with Gasteiger partial charge in [-0.2, -0.15) is 0 Å². The molecule has 1 atom stereocenters. The van der Waals surface area contributed by atoms with Crippen molar-refractivity contribution in [1.29, 1.82) is 0 Å². The molecular weight excluding hydrogens is 408 g/mol. The summed E-state index contributed by atoms with van der Waals surface area (Å²) in [4.78, 5) is 8.65. The van der Waals surface area contributed by atoms with Crippen LogP contribution in [0.3, 0.4) is 0 Å². The SMILES string of the molecule is CS(=O)(=O)c1cccc(C(Nc2ncnc3ccccc23)c2ccc(F)c(F)c2)c1. The second kappa shape index (κ2) is 7.79. The van der Waals surface area contributed by atoms with Crippen LogP contribution in [0.1, 0.15) is 17.2 Å². The Bertz CT molecular complexity index is 1340. The molecule has 0 bridgehead atoms. The van der Waals surface area contributed by atoms with Crippen LogP contribution in [0.4, 0.5) is 14.6 Å². The van der Waals surface area contributed by atoms with E-state index >= 15 is 0 Å². The maximum absolute atomic E-state index is 14.0. The van der Waals surface area contributed by atoms with Gasteiger partial charge in [0.15, 0.2) is 21.5 Å². The number of hydrogen-bond donors (Lipinski definition) is 1. The van der Waals surface area contributed by atoms with Gasteiger partial charge in [0.2, 0.25) is 0 Å². The Morgan fingerprint density at radius 1 is 0.867 bits per heavy atom. The Morgan fingerprint density at radius 2 is 1.63 bits per heavy atom. The topological polar surface area (TPSA) is 72.0 Å². The van der Waals surface area contributed by atoms with Crippen LogP contribution in [0.5, 0.6) is 0 Å². The average Bonchev–Trinajstić information content (AvgIpc) is 2.73. The van der Waals surface area contributed by atoms with Crippen LogP contribution in [-0.2, 0) is 9.84 Å². The van der Waals surface area contributed by atoms with Gasteiger partial charge in [0.25, 0.3) is 0 Å². The van der Waals surface area contributed by atoms with E-state index in [4.69, 9.17) is 0 Å². The second-order valence-electron chi connectivity index (χ2n) is 6.83. The molecule has 4 aromatic rings. The first kappa shape index (κ1) is 19.9. The molecule has 152 valence electrons. The number of halogens is 2. The molecule has 0 radical (unpaired) electrons. The molecule has 1 aromatic heterocycles. The molecule has 0 amide bonds. The number of anilines is 1. The van der Waals surface area contributed by atoms with Crippen molar-refractivity contribution in [2.75, 3.05) is 11.6 Å². The Hall–Kier alpha value is -3.39.